The van der Waals surface area contributed by atoms with E-state index >= 15 is 0 Å². The van der Waals surface area contributed by atoms with Gasteiger partial charge in [-0.05, 0) is 18.3 Å². The first-order valence-electron chi connectivity index (χ1n) is 6.68. The van der Waals surface area contributed by atoms with Gasteiger partial charge in [-0.2, -0.15) is 0 Å². The maximum Gasteiger partial charge on any atom is 0.273 e. The van der Waals surface area contributed by atoms with Crippen molar-refractivity contribution in [3.63, 3.8) is 0 Å². The van der Waals surface area contributed by atoms with E-state index in [2.05, 4.69) is 16.9 Å². The van der Waals surface area contributed by atoms with Crippen molar-refractivity contribution in [1.82, 2.24) is 14.9 Å². The highest BCUT2D eigenvalue weighted by atomic mass is 35.5. The summed E-state index contributed by atoms with van der Waals surface area (Å²) in [5, 5.41) is 0.324. The summed E-state index contributed by atoms with van der Waals surface area (Å²) in [6.45, 7) is 6.97. The number of halogens is 1. The topological polar surface area (TPSA) is 46.1 Å². The van der Waals surface area contributed by atoms with E-state index in [0.29, 0.717) is 22.5 Å². The van der Waals surface area contributed by atoms with Crippen molar-refractivity contribution in [2.24, 2.45) is 11.8 Å². The Balaban J connectivity index is 2.15. The van der Waals surface area contributed by atoms with Crippen LogP contribution in [0.3, 0.4) is 0 Å². The van der Waals surface area contributed by atoms with E-state index < -0.39 is 0 Å². The highest BCUT2D eigenvalue weighted by Crippen LogP contribution is 2.38. The molecule has 1 fully saturated rings. The summed E-state index contributed by atoms with van der Waals surface area (Å²) < 4.78 is 0. The second kappa shape index (κ2) is 5.45. The molecule has 0 N–H and O–H groups in total. The van der Waals surface area contributed by atoms with Crippen molar-refractivity contribution in [3.8, 4) is 0 Å². The van der Waals surface area contributed by atoms with Crippen molar-refractivity contribution in [1.29, 1.82) is 0 Å². The fourth-order valence-electron chi connectivity index (χ4n) is 2.08. The van der Waals surface area contributed by atoms with Crippen molar-refractivity contribution in [3.05, 3.63) is 22.7 Å². The van der Waals surface area contributed by atoms with Crippen molar-refractivity contribution in [2.75, 3.05) is 13.6 Å². The first-order valence-corrected chi connectivity index (χ1v) is 7.05. The van der Waals surface area contributed by atoms with E-state index in [1.165, 1.54) is 12.6 Å². The summed E-state index contributed by atoms with van der Waals surface area (Å²) in [5.74, 6) is 2.06. The second-order valence-corrected chi connectivity index (χ2v) is 6.15. The van der Waals surface area contributed by atoms with Gasteiger partial charge in [0.15, 0.2) is 5.69 Å². The van der Waals surface area contributed by atoms with Gasteiger partial charge in [-0.25, -0.2) is 9.97 Å². The van der Waals surface area contributed by atoms with Crippen molar-refractivity contribution in [2.45, 2.75) is 33.1 Å². The lowest BCUT2D eigenvalue weighted by Crippen LogP contribution is -2.30. The molecule has 1 saturated carbocycles. The molecule has 19 heavy (non-hydrogen) atoms. The molecule has 2 rings (SSSR count). The van der Waals surface area contributed by atoms with Gasteiger partial charge in [0.1, 0.15) is 5.82 Å². The van der Waals surface area contributed by atoms with E-state index in [-0.39, 0.29) is 11.8 Å². The average Bonchev–Trinajstić information content (AvgIpc) is 3.04. The minimum Gasteiger partial charge on any atom is -0.340 e. The molecule has 1 aliphatic carbocycles. The van der Waals surface area contributed by atoms with Crippen LogP contribution in [0.2, 0.25) is 5.02 Å². The molecule has 2 unspecified atom stereocenters. The molecule has 104 valence electrons. The lowest BCUT2D eigenvalue weighted by molar-refractivity contribution is 0.0781. The van der Waals surface area contributed by atoms with Gasteiger partial charge < -0.3 is 4.90 Å². The third-order valence-corrected chi connectivity index (χ3v) is 3.89. The standard InChI is InChI=1S/C14H20ClN3O/c1-8(2)13-16-6-11(15)12(17-13)14(19)18(4)7-10-5-9(10)3/h6,8-10H,5,7H2,1-4H3. The molecule has 1 aliphatic rings. The van der Waals surface area contributed by atoms with Gasteiger partial charge in [0.05, 0.1) is 11.2 Å². The average molecular weight is 282 g/mol. The summed E-state index contributed by atoms with van der Waals surface area (Å²) in [6, 6.07) is 0. The van der Waals surface area contributed by atoms with Gasteiger partial charge in [-0.3, -0.25) is 4.79 Å². The van der Waals surface area contributed by atoms with E-state index in [9.17, 15) is 4.79 Å². The largest absolute Gasteiger partial charge is 0.340 e. The van der Waals surface area contributed by atoms with E-state index in [4.69, 9.17) is 11.6 Å². The van der Waals surface area contributed by atoms with Crippen LogP contribution in [0.25, 0.3) is 0 Å². The molecule has 1 aromatic heterocycles. The molecule has 5 heteroatoms. The van der Waals surface area contributed by atoms with Gasteiger partial charge in [0.25, 0.3) is 5.91 Å². The van der Waals surface area contributed by atoms with Crippen molar-refractivity contribution >= 4 is 17.5 Å². The van der Waals surface area contributed by atoms with Crippen LogP contribution in [0.5, 0.6) is 0 Å². The van der Waals surface area contributed by atoms with Crippen LogP contribution in [0.4, 0.5) is 0 Å². The molecule has 2 atom stereocenters. The van der Waals surface area contributed by atoms with Crippen LogP contribution in [0.1, 0.15) is 49.4 Å². The Morgan fingerprint density at radius 3 is 2.74 bits per heavy atom. The Morgan fingerprint density at radius 2 is 2.21 bits per heavy atom. The number of hydrogen-bond donors (Lipinski definition) is 0. The molecule has 0 aromatic carbocycles. The first-order chi connectivity index (χ1) is 8.90. The van der Waals surface area contributed by atoms with Crippen molar-refractivity contribution < 1.29 is 4.79 Å². The number of rotatable bonds is 4. The summed E-state index contributed by atoms with van der Waals surface area (Å²) in [6.07, 6.45) is 2.72. The number of amides is 1. The number of aromatic nitrogens is 2. The van der Waals surface area contributed by atoms with E-state index in [0.717, 1.165) is 12.5 Å². The summed E-state index contributed by atoms with van der Waals surface area (Å²) in [5.41, 5.74) is 0.316. The predicted molar refractivity (Wildman–Crippen MR) is 75.4 cm³/mol. The Hall–Kier alpha value is -1.16. The van der Waals surface area contributed by atoms with E-state index in [1.807, 2.05) is 13.8 Å². The van der Waals surface area contributed by atoms with Gasteiger partial charge in [0.2, 0.25) is 0 Å². The zero-order valence-electron chi connectivity index (χ0n) is 11.9. The smallest absolute Gasteiger partial charge is 0.273 e. The molecular weight excluding hydrogens is 262 g/mol. The number of nitrogens with zero attached hydrogens (tertiary/aromatic N) is 3. The predicted octanol–water partition coefficient (Wildman–Crippen LogP) is 2.98. The Labute approximate surface area is 119 Å². The lowest BCUT2D eigenvalue weighted by atomic mass is 10.2. The normalized spacial score (nSPS) is 21.6. The van der Waals surface area contributed by atoms with Crippen LogP contribution < -0.4 is 0 Å². The molecular formula is C14H20ClN3O. The van der Waals surface area contributed by atoms with Crippen LogP contribution in [-0.4, -0.2) is 34.4 Å². The lowest BCUT2D eigenvalue weighted by Gasteiger charge is -2.17. The van der Waals surface area contributed by atoms with E-state index in [1.54, 1.807) is 11.9 Å². The van der Waals surface area contributed by atoms with Crippen LogP contribution in [0.15, 0.2) is 6.20 Å². The Bertz CT molecular complexity index is 490. The molecule has 1 aromatic rings. The fourth-order valence-corrected chi connectivity index (χ4v) is 2.25. The third-order valence-electron chi connectivity index (χ3n) is 3.61. The Kier molecular flexibility index (Phi) is 4.09. The molecule has 0 saturated heterocycles. The maximum absolute atomic E-state index is 12.4. The second-order valence-electron chi connectivity index (χ2n) is 5.74. The van der Waals surface area contributed by atoms with Crippen LogP contribution in [0, 0.1) is 11.8 Å². The molecule has 0 radical (unpaired) electrons. The minimum absolute atomic E-state index is 0.117. The fraction of sp³-hybridized carbons (Fsp3) is 0.643. The number of hydrogen-bond acceptors (Lipinski definition) is 3. The highest BCUT2D eigenvalue weighted by Gasteiger charge is 2.34. The molecule has 0 spiro atoms. The molecule has 0 aliphatic heterocycles. The van der Waals surface area contributed by atoms with Gasteiger partial charge in [-0.1, -0.05) is 32.4 Å². The van der Waals surface area contributed by atoms with Crippen LogP contribution in [-0.2, 0) is 0 Å². The monoisotopic (exact) mass is 281 g/mol. The third kappa shape index (κ3) is 3.24. The summed E-state index contributed by atoms with van der Waals surface area (Å²) in [4.78, 5) is 22.5. The first kappa shape index (κ1) is 14.3. The molecule has 0 bridgehead atoms. The molecule has 1 amide bonds. The quantitative estimate of drug-likeness (QED) is 0.852. The van der Waals surface area contributed by atoms with Gasteiger partial charge >= 0.3 is 0 Å². The maximum atomic E-state index is 12.4. The van der Waals surface area contributed by atoms with Gasteiger partial charge in [0, 0.05) is 19.5 Å². The SMILES string of the molecule is CC(C)c1ncc(Cl)c(C(=O)N(C)CC2CC2C)n1. The summed E-state index contributed by atoms with van der Waals surface area (Å²) >= 11 is 6.05. The van der Waals surface area contributed by atoms with Crippen LogP contribution >= 0.6 is 11.6 Å². The molecule has 4 nitrogen and oxygen atoms in total. The highest BCUT2D eigenvalue weighted by molar-refractivity contribution is 6.33. The number of carbonyl (C=O) groups is 1. The Morgan fingerprint density at radius 1 is 1.58 bits per heavy atom. The van der Waals surface area contributed by atoms with Gasteiger partial charge in [-0.15, -0.1) is 0 Å². The molecule has 1 heterocycles. The zero-order chi connectivity index (χ0) is 14.2. The summed E-state index contributed by atoms with van der Waals surface area (Å²) in [7, 11) is 1.81. The zero-order valence-corrected chi connectivity index (χ0v) is 12.6. The minimum atomic E-state index is -0.117. The number of carbonyl (C=O) groups excluding carboxylic acids is 1.